The first kappa shape index (κ1) is 16.3. The van der Waals surface area contributed by atoms with Crippen molar-refractivity contribution in [3.63, 3.8) is 0 Å². The highest BCUT2D eigenvalue weighted by atomic mass is 16.5. The summed E-state index contributed by atoms with van der Waals surface area (Å²) in [7, 11) is 3.57. The minimum absolute atomic E-state index is 0.0264. The molecule has 1 aromatic heterocycles. The summed E-state index contributed by atoms with van der Waals surface area (Å²) in [5, 5.41) is 8.34. The van der Waals surface area contributed by atoms with Gasteiger partial charge in [0.25, 0.3) is 0 Å². The molecule has 2 heterocycles. The van der Waals surface area contributed by atoms with Crippen LogP contribution in [0, 0.1) is 5.92 Å². The van der Waals surface area contributed by atoms with Gasteiger partial charge in [0.05, 0.1) is 12.2 Å². The van der Waals surface area contributed by atoms with Gasteiger partial charge in [-0.1, -0.05) is 12.8 Å². The molecule has 1 aliphatic heterocycles. The lowest BCUT2D eigenvalue weighted by molar-refractivity contribution is -0.0563. The third kappa shape index (κ3) is 2.94. The van der Waals surface area contributed by atoms with Crippen LogP contribution >= 0.6 is 0 Å². The summed E-state index contributed by atoms with van der Waals surface area (Å²) >= 11 is 0. The Kier molecular flexibility index (Phi) is 4.29. The average Bonchev–Trinajstić information content (AvgIpc) is 3.07. The van der Waals surface area contributed by atoms with Crippen molar-refractivity contribution < 1.29 is 4.74 Å². The van der Waals surface area contributed by atoms with Crippen molar-refractivity contribution in [2.45, 2.75) is 75.5 Å². The molecule has 0 bridgehead atoms. The number of rotatable bonds is 4. The third-order valence-electron chi connectivity index (χ3n) is 6.49. The minimum Gasteiger partial charge on any atom is -0.373 e. The van der Waals surface area contributed by atoms with Gasteiger partial charge in [-0.05, 0) is 44.4 Å². The molecule has 24 heavy (non-hydrogen) atoms. The highest BCUT2D eigenvalue weighted by Crippen LogP contribution is 2.43. The van der Waals surface area contributed by atoms with Crippen LogP contribution in [-0.4, -0.2) is 38.6 Å². The lowest BCUT2D eigenvalue weighted by atomic mass is 9.77. The summed E-state index contributed by atoms with van der Waals surface area (Å²) in [6.45, 7) is 0.866. The SMILES string of the molecule is Cn1nc(C[C@H]2CCCC[C@H]2NC2COC3(CCC3)C2)n(C)c1=O. The Hall–Kier alpha value is -1.14. The topological polar surface area (TPSA) is 61.1 Å². The van der Waals surface area contributed by atoms with Crippen molar-refractivity contribution in [3.8, 4) is 0 Å². The van der Waals surface area contributed by atoms with Crippen LogP contribution in [0.1, 0.15) is 57.2 Å². The molecule has 1 N–H and O–H groups in total. The van der Waals surface area contributed by atoms with E-state index < -0.39 is 0 Å². The molecule has 6 heteroatoms. The molecule has 134 valence electrons. The zero-order valence-electron chi connectivity index (χ0n) is 15.0. The van der Waals surface area contributed by atoms with E-state index in [1.807, 2.05) is 7.05 Å². The molecule has 0 amide bonds. The smallest absolute Gasteiger partial charge is 0.345 e. The largest absolute Gasteiger partial charge is 0.373 e. The van der Waals surface area contributed by atoms with Crippen LogP contribution in [0.15, 0.2) is 4.79 Å². The second-order valence-corrected chi connectivity index (χ2v) is 8.15. The number of hydrogen-bond acceptors (Lipinski definition) is 4. The Morgan fingerprint density at radius 1 is 1.25 bits per heavy atom. The first-order valence-corrected chi connectivity index (χ1v) is 9.55. The van der Waals surface area contributed by atoms with Crippen molar-refractivity contribution >= 4 is 0 Å². The molecule has 1 saturated heterocycles. The van der Waals surface area contributed by atoms with E-state index in [1.54, 1.807) is 11.6 Å². The molecule has 0 aromatic carbocycles. The van der Waals surface area contributed by atoms with Gasteiger partial charge in [-0.15, -0.1) is 0 Å². The van der Waals surface area contributed by atoms with Gasteiger partial charge in [-0.2, -0.15) is 5.10 Å². The Morgan fingerprint density at radius 3 is 2.67 bits per heavy atom. The molecule has 6 nitrogen and oxygen atoms in total. The molecule has 3 fully saturated rings. The van der Waals surface area contributed by atoms with Crippen LogP contribution in [0.3, 0.4) is 0 Å². The highest BCUT2D eigenvalue weighted by Gasteiger charge is 2.45. The molecule has 3 atom stereocenters. The van der Waals surface area contributed by atoms with Gasteiger partial charge in [0.15, 0.2) is 0 Å². The number of aromatic nitrogens is 3. The maximum absolute atomic E-state index is 11.9. The minimum atomic E-state index is -0.0264. The maximum atomic E-state index is 11.9. The summed E-state index contributed by atoms with van der Waals surface area (Å²) in [5.74, 6) is 1.48. The van der Waals surface area contributed by atoms with E-state index in [9.17, 15) is 4.79 Å². The summed E-state index contributed by atoms with van der Waals surface area (Å²) in [4.78, 5) is 11.9. The molecule has 1 aromatic rings. The first-order chi connectivity index (χ1) is 11.6. The lowest BCUT2D eigenvalue weighted by Crippen LogP contribution is -2.46. The van der Waals surface area contributed by atoms with Crippen LogP contribution in [0.2, 0.25) is 0 Å². The van der Waals surface area contributed by atoms with E-state index in [0.29, 0.717) is 18.0 Å². The third-order valence-corrected chi connectivity index (χ3v) is 6.49. The van der Waals surface area contributed by atoms with Crippen molar-refractivity contribution in [1.29, 1.82) is 0 Å². The summed E-state index contributed by atoms with van der Waals surface area (Å²) < 4.78 is 9.25. The Balaban J connectivity index is 1.41. The Labute approximate surface area is 143 Å². The van der Waals surface area contributed by atoms with Crippen molar-refractivity contribution in [2.24, 2.45) is 20.0 Å². The zero-order chi connectivity index (χ0) is 16.7. The molecule has 1 spiro atoms. The average molecular weight is 334 g/mol. The number of hydrogen-bond donors (Lipinski definition) is 1. The monoisotopic (exact) mass is 334 g/mol. The van der Waals surface area contributed by atoms with Crippen LogP contribution in [0.25, 0.3) is 0 Å². The van der Waals surface area contributed by atoms with Crippen molar-refractivity contribution in [2.75, 3.05) is 6.61 Å². The van der Waals surface area contributed by atoms with Gasteiger partial charge >= 0.3 is 5.69 Å². The zero-order valence-corrected chi connectivity index (χ0v) is 15.0. The quantitative estimate of drug-likeness (QED) is 0.907. The summed E-state index contributed by atoms with van der Waals surface area (Å²) in [6, 6.07) is 1.03. The predicted octanol–water partition coefficient (Wildman–Crippen LogP) is 1.52. The normalized spacial score (nSPS) is 32.2. The van der Waals surface area contributed by atoms with E-state index in [0.717, 1.165) is 18.9 Å². The summed E-state index contributed by atoms with van der Waals surface area (Å²) in [6.07, 6.45) is 10.9. The molecular weight excluding hydrogens is 304 g/mol. The molecule has 0 radical (unpaired) electrons. The molecule has 1 unspecified atom stereocenters. The number of aryl methyl sites for hydroxylation is 1. The molecule has 3 aliphatic rings. The number of ether oxygens (including phenoxy) is 1. The van der Waals surface area contributed by atoms with Crippen LogP contribution in [-0.2, 0) is 25.3 Å². The van der Waals surface area contributed by atoms with Gasteiger partial charge in [0.2, 0.25) is 0 Å². The molecule has 2 saturated carbocycles. The molecule has 4 rings (SSSR count). The van der Waals surface area contributed by atoms with Gasteiger partial charge in [0.1, 0.15) is 5.82 Å². The molecular formula is C18H30N4O2. The Bertz CT molecular complexity index is 646. The van der Waals surface area contributed by atoms with Crippen LogP contribution in [0.4, 0.5) is 0 Å². The standard InChI is InChI=1S/C18H30N4O2/c1-21-16(20-22(2)17(21)23)10-13-6-3-4-7-15(13)19-14-11-18(24-12-14)8-5-9-18/h13-15,19H,3-12H2,1-2H3/t13-,14?,15-/m1/s1. The van der Waals surface area contributed by atoms with Gasteiger partial charge in [0, 0.05) is 32.6 Å². The predicted molar refractivity (Wildman–Crippen MR) is 92.0 cm³/mol. The number of nitrogens with one attached hydrogen (secondary N) is 1. The van der Waals surface area contributed by atoms with Crippen molar-refractivity contribution in [1.82, 2.24) is 19.7 Å². The van der Waals surface area contributed by atoms with E-state index in [-0.39, 0.29) is 11.3 Å². The second kappa shape index (κ2) is 6.30. The van der Waals surface area contributed by atoms with Gasteiger partial charge < -0.3 is 10.1 Å². The number of nitrogens with zero attached hydrogens (tertiary/aromatic N) is 3. The van der Waals surface area contributed by atoms with E-state index in [1.165, 1.54) is 56.0 Å². The van der Waals surface area contributed by atoms with Crippen LogP contribution < -0.4 is 11.0 Å². The first-order valence-electron chi connectivity index (χ1n) is 9.55. The van der Waals surface area contributed by atoms with Crippen molar-refractivity contribution in [3.05, 3.63) is 16.3 Å². The van der Waals surface area contributed by atoms with Crippen LogP contribution in [0.5, 0.6) is 0 Å². The second-order valence-electron chi connectivity index (χ2n) is 8.15. The lowest BCUT2D eigenvalue weighted by Gasteiger charge is -2.38. The molecule has 2 aliphatic carbocycles. The van der Waals surface area contributed by atoms with Gasteiger partial charge in [-0.25, -0.2) is 9.48 Å². The van der Waals surface area contributed by atoms with Gasteiger partial charge in [-0.3, -0.25) is 4.57 Å². The fraction of sp³-hybridized carbons (Fsp3) is 0.889. The van der Waals surface area contributed by atoms with E-state index >= 15 is 0 Å². The highest BCUT2D eigenvalue weighted by molar-refractivity contribution is 5.00. The summed E-state index contributed by atoms with van der Waals surface area (Å²) in [5.41, 5.74) is 0.189. The fourth-order valence-corrected chi connectivity index (χ4v) is 4.87. The Morgan fingerprint density at radius 2 is 2.04 bits per heavy atom. The van der Waals surface area contributed by atoms with E-state index in [4.69, 9.17) is 4.74 Å². The maximum Gasteiger partial charge on any atom is 0.345 e. The van der Waals surface area contributed by atoms with E-state index in [2.05, 4.69) is 10.4 Å². The fourth-order valence-electron chi connectivity index (χ4n) is 4.87.